The number of amides is 2. The maximum Gasteiger partial charge on any atom is 0.317 e. The number of likely N-dealkylation sites (N-methyl/N-ethyl adjacent to an activating group) is 1. The van der Waals surface area contributed by atoms with E-state index in [1.165, 1.54) is 0 Å². The molecule has 1 heterocycles. The highest BCUT2D eigenvalue weighted by Gasteiger charge is 2.12. The lowest BCUT2D eigenvalue weighted by Gasteiger charge is -2.21. The summed E-state index contributed by atoms with van der Waals surface area (Å²) < 4.78 is 0. The minimum Gasteiger partial charge on any atom is -0.481 e. The van der Waals surface area contributed by atoms with Crippen LogP contribution in [0.2, 0.25) is 0 Å². The van der Waals surface area contributed by atoms with Crippen molar-refractivity contribution in [3.8, 4) is 0 Å². The fraction of sp³-hybridized carbons (Fsp3) is 0.533. The van der Waals surface area contributed by atoms with Crippen molar-refractivity contribution in [2.24, 2.45) is 0 Å². The zero-order valence-corrected chi connectivity index (χ0v) is 12.6. The van der Waals surface area contributed by atoms with Crippen molar-refractivity contribution in [2.45, 2.75) is 38.6 Å². The number of carbonyl (C=O) groups is 2. The predicted octanol–water partition coefficient (Wildman–Crippen LogP) is 1.91. The van der Waals surface area contributed by atoms with E-state index in [0.717, 1.165) is 12.0 Å². The van der Waals surface area contributed by atoms with Crippen LogP contribution in [0, 0.1) is 0 Å². The highest BCUT2D eigenvalue weighted by atomic mass is 16.4. The number of carbonyl (C=O) groups excluding carboxylic acids is 1. The maximum atomic E-state index is 12.0. The molecule has 0 aromatic carbocycles. The SMILES string of the molecule is CC(CCCC(=O)O)NC(=O)N(C)CCc1ccncc1. The van der Waals surface area contributed by atoms with Gasteiger partial charge < -0.3 is 15.3 Å². The number of hydrogen-bond acceptors (Lipinski definition) is 3. The van der Waals surface area contributed by atoms with Crippen LogP contribution in [-0.2, 0) is 11.2 Å². The second-order valence-corrected chi connectivity index (χ2v) is 5.16. The van der Waals surface area contributed by atoms with Gasteiger partial charge in [-0.05, 0) is 43.9 Å². The smallest absolute Gasteiger partial charge is 0.317 e. The fourth-order valence-corrected chi connectivity index (χ4v) is 1.90. The lowest BCUT2D eigenvalue weighted by Crippen LogP contribution is -2.42. The molecule has 1 rings (SSSR count). The van der Waals surface area contributed by atoms with E-state index < -0.39 is 5.97 Å². The normalized spacial score (nSPS) is 11.7. The summed E-state index contributed by atoms with van der Waals surface area (Å²) in [5.41, 5.74) is 1.14. The number of rotatable bonds is 8. The van der Waals surface area contributed by atoms with Gasteiger partial charge in [0.15, 0.2) is 0 Å². The van der Waals surface area contributed by atoms with E-state index in [1.807, 2.05) is 19.1 Å². The van der Waals surface area contributed by atoms with Crippen molar-refractivity contribution in [1.82, 2.24) is 15.2 Å². The number of aromatic nitrogens is 1. The molecule has 0 aliphatic carbocycles. The highest BCUT2D eigenvalue weighted by molar-refractivity contribution is 5.74. The molecule has 6 heteroatoms. The van der Waals surface area contributed by atoms with Crippen molar-refractivity contribution in [3.63, 3.8) is 0 Å². The predicted molar refractivity (Wildman–Crippen MR) is 80.1 cm³/mol. The van der Waals surface area contributed by atoms with Gasteiger partial charge in [-0.1, -0.05) is 0 Å². The van der Waals surface area contributed by atoms with Gasteiger partial charge in [0.1, 0.15) is 0 Å². The molecule has 1 aromatic rings. The average molecular weight is 293 g/mol. The number of nitrogens with zero attached hydrogens (tertiary/aromatic N) is 2. The van der Waals surface area contributed by atoms with E-state index in [4.69, 9.17) is 5.11 Å². The minimum atomic E-state index is -0.803. The third kappa shape index (κ3) is 7.29. The monoisotopic (exact) mass is 293 g/mol. The van der Waals surface area contributed by atoms with Gasteiger partial charge in [-0.3, -0.25) is 9.78 Å². The number of pyridine rings is 1. The molecule has 1 atom stereocenters. The molecule has 0 saturated heterocycles. The van der Waals surface area contributed by atoms with Crippen LogP contribution < -0.4 is 5.32 Å². The van der Waals surface area contributed by atoms with Crippen molar-refractivity contribution in [1.29, 1.82) is 0 Å². The lowest BCUT2D eigenvalue weighted by atomic mass is 10.1. The molecule has 0 spiro atoms. The molecule has 2 N–H and O–H groups in total. The number of aliphatic carboxylic acids is 1. The van der Waals surface area contributed by atoms with Crippen LogP contribution in [0.3, 0.4) is 0 Å². The Morgan fingerprint density at radius 1 is 1.38 bits per heavy atom. The van der Waals surface area contributed by atoms with E-state index >= 15 is 0 Å². The van der Waals surface area contributed by atoms with Crippen molar-refractivity contribution in [2.75, 3.05) is 13.6 Å². The average Bonchev–Trinajstić information content (AvgIpc) is 2.45. The fourth-order valence-electron chi connectivity index (χ4n) is 1.90. The molecule has 0 saturated carbocycles. The molecule has 0 bridgehead atoms. The zero-order valence-electron chi connectivity index (χ0n) is 12.6. The molecule has 0 radical (unpaired) electrons. The van der Waals surface area contributed by atoms with Gasteiger partial charge in [-0.2, -0.15) is 0 Å². The third-order valence-corrected chi connectivity index (χ3v) is 3.23. The first kappa shape index (κ1) is 16.9. The Morgan fingerprint density at radius 2 is 2.05 bits per heavy atom. The number of carboxylic acid groups (broad SMARTS) is 1. The zero-order chi connectivity index (χ0) is 15.7. The Hall–Kier alpha value is -2.11. The van der Waals surface area contributed by atoms with Gasteiger partial charge in [0.05, 0.1) is 0 Å². The summed E-state index contributed by atoms with van der Waals surface area (Å²) >= 11 is 0. The topological polar surface area (TPSA) is 82.5 Å². The molecule has 0 aliphatic heterocycles. The highest BCUT2D eigenvalue weighted by Crippen LogP contribution is 2.02. The van der Waals surface area contributed by atoms with Gasteiger partial charge >= 0.3 is 12.0 Å². The molecule has 0 fully saturated rings. The summed E-state index contributed by atoms with van der Waals surface area (Å²) in [6, 6.07) is 3.70. The van der Waals surface area contributed by atoms with Crippen molar-refractivity contribution >= 4 is 12.0 Å². The Balaban J connectivity index is 2.25. The van der Waals surface area contributed by atoms with Gasteiger partial charge in [-0.15, -0.1) is 0 Å². The summed E-state index contributed by atoms with van der Waals surface area (Å²) in [5.74, 6) is -0.803. The largest absolute Gasteiger partial charge is 0.481 e. The van der Waals surface area contributed by atoms with E-state index in [0.29, 0.717) is 19.4 Å². The first-order valence-corrected chi connectivity index (χ1v) is 7.11. The Bertz CT molecular complexity index is 451. The molecular weight excluding hydrogens is 270 g/mol. The van der Waals surface area contributed by atoms with Gasteiger partial charge in [0, 0.05) is 38.4 Å². The van der Waals surface area contributed by atoms with Crippen LogP contribution in [0.4, 0.5) is 4.79 Å². The van der Waals surface area contributed by atoms with E-state index in [9.17, 15) is 9.59 Å². The Kier molecular flexibility index (Phi) is 7.21. The molecule has 6 nitrogen and oxygen atoms in total. The number of urea groups is 1. The van der Waals surface area contributed by atoms with Gasteiger partial charge in [0.25, 0.3) is 0 Å². The van der Waals surface area contributed by atoms with E-state index in [1.54, 1.807) is 24.3 Å². The third-order valence-electron chi connectivity index (χ3n) is 3.23. The van der Waals surface area contributed by atoms with Gasteiger partial charge in [0.2, 0.25) is 0 Å². The van der Waals surface area contributed by atoms with Crippen LogP contribution >= 0.6 is 0 Å². The summed E-state index contributed by atoms with van der Waals surface area (Å²) in [5, 5.41) is 11.4. The summed E-state index contributed by atoms with van der Waals surface area (Å²) in [6.07, 6.45) is 5.62. The second-order valence-electron chi connectivity index (χ2n) is 5.16. The molecule has 0 aliphatic rings. The van der Waals surface area contributed by atoms with E-state index in [2.05, 4.69) is 10.3 Å². The molecule has 21 heavy (non-hydrogen) atoms. The molecule has 2 amide bonds. The molecular formula is C15H23N3O3. The van der Waals surface area contributed by atoms with Crippen LogP contribution in [0.15, 0.2) is 24.5 Å². The lowest BCUT2D eigenvalue weighted by molar-refractivity contribution is -0.137. The summed E-state index contributed by atoms with van der Waals surface area (Å²) in [6.45, 7) is 2.51. The summed E-state index contributed by atoms with van der Waals surface area (Å²) in [4.78, 5) is 28.0. The molecule has 1 unspecified atom stereocenters. The Labute approximate surface area is 125 Å². The van der Waals surface area contributed by atoms with Gasteiger partial charge in [-0.25, -0.2) is 4.79 Å². The summed E-state index contributed by atoms with van der Waals surface area (Å²) in [7, 11) is 1.75. The molecule has 116 valence electrons. The van der Waals surface area contributed by atoms with Crippen molar-refractivity contribution < 1.29 is 14.7 Å². The quantitative estimate of drug-likeness (QED) is 0.767. The number of hydrogen-bond donors (Lipinski definition) is 2. The standard InChI is InChI=1S/C15H23N3O3/c1-12(4-3-5-14(19)20)17-15(21)18(2)11-8-13-6-9-16-10-7-13/h6-7,9-10,12H,3-5,8,11H2,1-2H3,(H,17,21)(H,19,20). The van der Waals surface area contributed by atoms with Crippen LogP contribution in [0.5, 0.6) is 0 Å². The number of nitrogens with one attached hydrogen (secondary N) is 1. The van der Waals surface area contributed by atoms with Crippen LogP contribution in [0.25, 0.3) is 0 Å². The van der Waals surface area contributed by atoms with Crippen LogP contribution in [-0.4, -0.2) is 46.6 Å². The maximum absolute atomic E-state index is 12.0. The molecule has 1 aromatic heterocycles. The first-order valence-electron chi connectivity index (χ1n) is 7.11. The van der Waals surface area contributed by atoms with E-state index in [-0.39, 0.29) is 18.5 Å². The Morgan fingerprint density at radius 3 is 2.67 bits per heavy atom. The second kappa shape index (κ2) is 8.94. The van der Waals surface area contributed by atoms with Crippen LogP contribution in [0.1, 0.15) is 31.7 Å². The first-order chi connectivity index (χ1) is 9.99. The number of carboxylic acids is 1. The van der Waals surface area contributed by atoms with Crippen molar-refractivity contribution in [3.05, 3.63) is 30.1 Å². The minimum absolute atomic E-state index is 0.0276.